The van der Waals surface area contributed by atoms with Gasteiger partial charge in [0.25, 0.3) is 0 Å². The largest absolute Gasteiger partial charge is 0.338 e. The van der Waals surface area contributed by atoms with E-state index in [1.165, 1.54) is 16.3 Å². The Balaban J connectivity index is 1.83. The summed E-state index contributed by atoms with van der Waals surface area (Å²) in [5, 5.41) is 5.35. The molecule has 3 nitrogen and oxygen atoms in total. The second-order valence-electron chi connectivity index (χ2n) is 4.69. The van der Waals surface area contributed by atoms with Gasteiger partial charge in [0.15, 0.2) is 0 Å². The minimum Gasteiger partial charge on any atom is -0.338 e. The molecule has 0 aliphatic carbocycles. The summed E-state index contributed by atoms with van der Waals surface area (Å²) in [5.41, 5.74) is 1.19. The van der Waals surface area contributed by atoms with Crippen LogP contribution in [-0.2, 0) is 6.54 Å². The summed E-state index contributed by atoms with van der Waals surface area (Å²) in [7, 11) is 0. The van der Waals surface area contributed by atoms with Crippen molar-refractivity contribution in [2.75, 3.05) is 13.1 Å². The minimum absolute atomic E-state index is 0.0504. The van der Waals surface area contributed by atoms with Crippen LogP contribution in [-0.4, -0.2) is 24.0 Å². The predicted molar refractivity (Wildman–Crippen MR) is 72.4 cm³/mol. The molecule has 1 saturated heterocycles. The molecule has 1 N–H and O–H groups in total. The fraction of sp³-hybridized carbons (Fsp3) is 0.267. The number of fused-ring (bicyclic) bond motifs is 1. The number of nitrogens with zero attached hydrogens (tertiary/aromatic N) is 1. The molecule has 3 heteroatoms. The van der Waals surface area contributed by atoms with Crippen molar-refractivity contribution in [1.29, 1.82) is 0 Å². The van der Waals surface area contributed by atoms with Gasteiger partial charge in [0, 0.05) is 19.6 Å². The van der Waals surface area contributed by atoms with Gasteiger partial charge in [0.1, 0.15) is 0 Å². The summed E-state index contributed by atoms with van der Waals surface area (Å²) in [4.78, 5) is 13.5. The van der Waals surface area contributed by atoms with Crippen LogP contribution in [0, 0.1) is 0 Å². The van der Waals surface area contributed by atoms with Gasteiger partial charge in [-0.1, -0.05) is 36.4 Å². The summed E-state index contributed by atoms with van der Waals surface area (Å²) in [6.07, 6.45) is 1.03. The maximum absolute atomic E-state index is 11.7. The standard InChI is InChI=1S/C15H16N2O/c18-15-16-8-3-9-17(15)11-12-6-7-13-4-1-2-5-14(13)10-12/h1-2,4-7,10H,3,8-9,11H2,(H,16,18). The van der Waals surface area contributed by atoms with Crippen LogP contribution in [0.4, 0.5) is 4.79 Å². The molecule has 1 aliphatic rings. The van der Waals surface area contributed by atoms with Crippen LogP contribution in [0.2, 0.25) is 0 Å². The van der Waals surface area contributed by atoms with E-state index >= 15 is 0 Å². The van der Waals surface area contributed by atoms with Gasteiger partial charge < -0.3 is 10.2 Å². The first kappa shape index (κ1) is 11.1. The molecule has 18 heavy (non-hydrogen) atoms. The van der Waals surface area contributed by atoms with Crippen LogP contribution in [0.3, 0.4) is 0 Å². The Bertz CT molecular complexity index is 579. The molecule has 0 atom stereocenters. The fourth-order valence-electron chi connectivity index (χ4n) is 2.39. The van der Waals surface area contributed by atoms with Crippen LogP contribution in [0.25, 0.3) is 10.8 Å². The molecule has 1 heterocycles. The topological polar surface area (TPSA) is 32.3 Å². The Hall–Kier alpha value is -2.03. The lowest BCUT2D eigenvalue weighted by atomic mass is 10.1. The Kier molecular flexibility index (Phi) is 2.89. The summed E-state index contributed by atoms with van der Waals surface area (Å²) >= 11 is 0. The molecule has 0 bridgehead atoms. The number of benzene rings is 2. The minimum atomic E-state index is 0.0504. The highest BCUT2D eigenvalue weighted by molar-refractivity contribution is 5.83. The van der Waals surface area contributed by atoms with E-state index in [2.05, 4.69) is 35.6 Å². The van der Waals surface area contributed by atoms with Crippen molar-refractivity contribution in [3.8, 4) is 0 Å². The molecule has 1 fully saturated rings. The van der Waals surface area contributed by atoms with Crippen LogP contribution < -0.4 is 5.32 Å². The number of nitrogens with one attached hydrogen (secondary N) is 1. The van der Waals surface area contributed by atoms with E-state index in [-0.39, 0.29) is 6.03 Å². The van der Waals surface area contributed by atoms with Crippen LogP contribution in [0.1, 0.15) is 12.0 Å². The zero-order valence-corrected chi connectivity index (χ0v) is 10.2. The smallest absolute Gasteiger partial charge is 0.317 e. The van der Waals surface area contributed by atoms with Gasteiger partial charge in [-0.3, -0.25) is 0 Å². The third kappa shape index (κ3) is 2.16. The summed E-state index contributed by atoms with van der Waals surface area (Å²) in [6.45, 7) is 2.34. The number of amides is 2. The fourth-order valence-corrected chi connectivity index (χ4v) is 2.39. The van der Waals surface area contributed by atoms with Crippen molar-refractivity contribution in [2.24, 2.45) is 0 Å². The molecule has 0 aromatic heterocycles. The molecular weight excluding hydrogens is 224 g/mol. The van der Waals surface area contributed by atoms with E-state index < -0.39 is 0 Å². The van der Waals surface area contributed by atoms with Gasteiger partial charge in [0.05, 0.1) is 0 Å². The highest BCUT2D eigenvalue weighted by atomic mass is 16.2. The summed E-state index contributed by atoms with van der Waals surface area (Å²) in [6, 6.07) is 14.7. The average molecular weight is 240 g/mol. The molecule has 0 radical (unpaired) electrons. The number of hydrogen-bond acceptors (Lipinski definition) is 1. The van der Waals surface area contributed by atoms with Gasteiger partial charge in [-0.05, 0) is 28.8 Å². The Morgan fingerprint density at radius 2 is 1.94 bits per heavy atom. The van der Waals surface area contributed by atoms with Gasteiger partial charge in [-0.25, -0.2) is 4.79 Å². The Labute approximate surface area is 106 Å². The van der Waals surface area contributed by atoms with Gasteiger partial charge in [0.2, 0.25) is 0 Å². The molecule has 0 saturated carbocycles. The van der Waals surface area contributed by atoms with Crippen molar-refractivity contribution >= 4 is 16.8 Å². The molecule has 92 valence electrons. The molecule has 0 unspecified atom stereocenters. The lowest BCUT2D eigenvalue weighted by molar-refractivity contribution is 0.183. The SMILES string of the molecule is O=C1NCCCN1Cc1ccc2ccccc2c1. The third-order valence-electron chi connectivity index (χ3n) is 3.36. The highest BCUT2D eigenvalue weighted by Gasteiger charge is 2.17. The van der Waals surface area contributed by atoms with Gasteiger partial charge in [-0.15, -0.1) is 0 Å². The van der Waals surface area contributed by atoms with Crippen LogP contribution in [0.5, 0.6) is 0 Å². The average Bonchev–Trinajstić information content (AvgIpc) is 2.41. The number of carbonyl (C=O) groups excluding carboxylic acids is 1. The van der Waals surface area contributed by atoms with Crippen molar-refractivity contribution in [1.82, 2.24) is 10.2 Å². The normalized spacial score (nSPS) is 15.8. The highest BCUT2D eigenvalue weighted by Crippen LogP contribution is 2.17. The second-order valence-corrected chi connectivity index (χ2v) is 4.69. The summed E-state index contributed by atoms with van der Waals surface area (Å²) < 4.78 is 0. The van der Waals surface area contributed by atoms with Crippen molar-refractivity contribution < 1.29 is 4.79 Å². The Morgan fingerprint density at radius 1 is 1.11 bits per heavy atom. The van der Waals surface area contributed by atoms with Gasteiger partial charge >= 0.3 is 6.03 Å². The molecule has 2 amide bonds. The van der Waals surface area contributed by atoms with E-state index in [9.17, 15) is 4.79 Å². The second kappa shape index (κ2) is 4.69. The molecule has 0 spiro atoms. The van der Waals surface area contributed by atoms with E-state index in [1.54, 1.807) is 0 Å². The molecule has 1 aliphatic heterocycles. The number of rotatable bonds is 2. The Morgan fingerprint density at radius 3 is 2.78 bits per heavy atom. The molecule has 2 aromatic rings. The third-order valence-corrected chi connectivity index (χ3v) is 3.36. The van der Waals surface area contributed by atoms with Crippen molar-refractivity contribution in [2.45, 2.75) is 13.0 Å². The molecule has 3 rings (SSSR count). The molecular formula is C15H16N2O. The maximum Gasteiger partial charge on any atom is 0.317 e. The zero-order valence-electron chi connectivity index (χ0n) is 10.2. The van der Waals surface area contributed by atoms with E-state index in [1.807, 2.05) is 17.0 Å². The monoisotopic (exact) mass is 240 g/mol. The quantitative estimate of drug-likeness (QED) is 0.860. The van der Waals surface area contributed by atoms with Crippen LogP contribution >= 0.6 is 0 Å². The van der Waals surface area contributed by atoms with Gasteiger partial charge in [-0.2, -0.15) is 0 Å². The number of hydrogen-bond donors (Lipinski definition) is 1. The van der Waals surface area contributed by atoms with Crippen molar-refractivity contribution in [3.05, 3.63) is 48.0 Å². The lowest BCUT2D eigenvalue weighted by Crippen LogP contribution is -2.45. The molecule has 2 aromatic carbocycles. The van der Waals surface area contributed by atoms with E-state index in [4.69, 9.17) is 0 Å². The number of urea groups is 1. The van der Waals surface area contributed by atoms with Crippen molar-refractivity contribution in [3.63, 3.8) is 0 Å². The zero-order chi connectivity index (χ0) is 12.4. The first-order valence-corrected chi connectivity index (χ1v) is 6.33. The summed E-state index contributed by atoms with van der Waals surface area (Å²) in [5.74, 6) is 0. The maximum atomic E-state index is 11.7. The predicted octanol–water partition coefficient (Wildman–Crippen LogP) is 2.76. The first-order chi connectivity index (χ1) is 8.83. The van der Waals surface area contributed by atoms with E-state index in [0.717, 1.165) is 19.5 Å². The number of carbonyl (C=O) groups is 1. The lowest BCUT2D eigenvalue weighted by Gasteiger charge is -2.27. The van der Waals surface area contributed by atoms with Crippen LogP contribution in [0.15, 0.2) is 42.5 Å². The van der Waals surface area contributed by atoms with E-state index in [0.29, 0.717) is 6.54 Å². The first-order valence-electron chi connectivity index (χ1n) is 6.33.